The maximum Gasteiger partial charge on any atom is 0.0704 e. The van der Waals surface area contributed by atoms with Gasteiger partial charge < -0.3 is 5.73 Å². The molecule has 3 aromatic rings. The number of rotatable bonds is 3. The second kappa shape index (κ2) is 5.41. The summed E-state index contributed by atoms with van der Waals surface area (Å²) in [7, 11) is 0. The van der Waals surface area contributed by atoms with Gasteiger partial charge in [0.25, 0.3) is 0 Å². The SMILES string of the molecule is NC(Cc1ccnc2ccccc12)c1ccc(Br)s1. The van der Waals surface area contributed by atoms with E-state index in [1.165, 1.54) is 15.8 Å². The van der Waals surface area contributed by atoms with Gasteiger partial charge in [-0.05, 0) is 52.2 Å². The van der Waals surface area contributed by atoms with Crippen molar-refractivity contribution in [2.75, 3.05) is 0 Å². The number of halogens is 1. The van der Waals surface area contributed by atoms with Gasteiger partial charge in [0, 0.05) is 22.5 Å². The number of thiophene rings is 1. The third-order valence-corrected chi connectivity index (χ3v) is 4.89. The molecule has 2 heterocycles. The van der Waals surface area contributed by atoms with Crippen molar-refractivity contribution in [3.63, 3.8) is 0 Å². The Balaban J connectivity index is 1.93. The van der Waals surface area contributed by atoms with Gasteiger partial charge in [-0.1, -0.05) is 18.2 Å². The highest BCUT2D eigenvalue weighted by molar-refractivity contribution is 9.11. The molecular formula is C15H13BrN2S. The molecule has 1 atom stereocenters. The van der Waals surface area contributed by atoms with Crippen molar-refractivity contribution in [2.24, 2.45) is 5.73 Å². The zero-order chi connectivity index (χ0) is 13.2. The summed E-state index contributed by atoms with van der Waals surface area (Å²) >= 11 is 5.18. The van der Waals surface area contributed by atoms with Crippen LogP contribution in [0.4, 0.5) is 0 Å². The first-order valence-corrected chi connectivity index (χ1v) is 7.68. The topological polar surface area (TPSA) is 38.9 Å². The van der Waals surface area contributed by atoms with E-state index in [0.717, 1.165) is 15.7 Å². The number of nitrogens with two attached hydrogens (primary N) is 1. The third kappa shape index (κ3) is 2.71. The Morgan fingerprint density at radius 1 is 1.16 bits per heavy atom. The highest BCUT2D eigenvalue weighted by atomic mass is 79.9. The standard InChI is InChI=1S/C15H13BrN2S/c16-15-6-5-14(19-15)12(17)9-10-7-8-18-13-4-2-1-3-11(10)13/h1-8,12H,9,17H2. The van der Waals surface area contributed by atoms with Crippen molar-refractivity contribution in [1.82, 2.24) is 4.98 Å². The number of aromatic nitrogens is 1. The molecule has 3 rings (SSSR count). The van der Waals surface area contributed by atoms with Crippen LogP contribution in [0.2, 0.25) is 0 Å². The van der Waals surface area contributed by atoms with Crippen LogP contribution in [0.1, 0.15) is 16.5 Å². The Kier molecular flexibility index (Phi) is 3.64. The third-order valence-electron chi connectivity index (χ3n) is 3.14. The maximum atomic E-state index is 6.30. The quantitative estimate of drug-likeness (QED) is 0.776. The molecular weight excluding hydrogens is 320 g/mol. The molecule has 4 heteroatoms. The average molecular weight is 333 g/mol. The van der Waals surface area contributed by atoms with Gasteiger partial charge in [0.2, 0.25) is 0 Å². The Labute approximate surface area is 124 Å². The molecule has 1 unspecified atom stereocenters. The van der Waals surface area contributed by atoms with Gasteiger partial charge >= 0.3 is 0 Å². The molecule has 0 bridgehead atoms. The van der Waals surface area contributed by atoms with Crippen molar-refractivity contribution >= 4 is 38.2 Å². The fraction of sp³-hybridized carbons (Fsp3) is 0.133. The van der Waals surface area contributed by atoms with E-state index in [-0.39, 0.29) is 6.04 Å². The summed E-state index contributed by atoms with van der Waals surface area (Å²) in [5.74, 6) is 0. The van der Waals surface area contributed by atoms with Crippen LogP contribution in [0, 0.1) is 0 Å². The van der Waals surface area contributed by atoms with E-state index in [1.807, 2.05) is 30.5 Å². The number of pyridine rings is 1. The normalized spacial score (nSPS) is 12.7. The fourth-order valence-corrected chi connectivity index (χ4v) is 3.62. The van der Waals surface area contributed by atoms with E-state index in [9.17, 15) is 0 Å². The largest absolute Gasteiger partial charge is 0.323 e. The smallest absolute Gasteiger partial charge is 0.0704 e. The summed E-state index contributed by atoms with van der Waals surface area (Å²) < 4.78 is 1.12. The first-order chi connectivity index (χ1) is 9.24. The molecule has 19 heavy (non-hydrogen) atoms. The monoisotopic (exact) mass is 332 g/mol. The lowest BCUT2D eigenvalue weighted by Crippen LogP contribution is -2.12. The molecule has 0 spiro atoms. The highest BCUT2D eigenvalue weighted by Crippen LogP contribution is 2.29. The minimum absolute atomic E-state index is 0.0297. The first-order valence-electron chi connectivity index (χ1n) is 6.07. The number of para-hydroxylation sites is 1. The van der Waals surface area contributed by atoms with Crippen LogP contribution in [0.5, 0.6) is 0 Å². The van der Waals surface area contributed by atoms with Crippen molar-refractivity contribution in [1.29, 1.82) is 0 Å². The van der Waals surface area contributed by atoms with E-state index in [4.69, 9.17) is 5.73 Å². The average Bonchev–Trinajstić information content (AvgIpc) is 2.86. The maximum absolute atomic E-state index is 6.30. The number of nitrogens with zero attached hydrogens (tertiary/aromatic N) is 1. The van der Waals surface area contributed by atoms with E-state index in [2.05, 4.69) is 39.1 Å². The molecule has 2 nitrogen and oxygen atoms in total. The predicted molar refractivity (Wildman–Crippen MR) is 84.4 cm³/mol. The van der Waals surface area contributed by atoms with E-state index >= 15 is 0 Å². The lowest BCUT2D eigenvalue weighted by Gasteiger charge is -2.11. The fourth-order valence-electron chi connectivity index (χ4n) is 2.20. The van der Waals surface area contributed by atoms with Gasteiger partial charge in [0.05, 0.1) is 9.30 Å². The summed E-state index contributed by atoms with van der Waals surface area (Å²) in [6, 6.07) is 14.4. The predicted octanol–water partition coefficient (Wildman–Crippen LogP) is 4.30. The van der Waals surface area contributed by atoms with Crippen LogP contribution in [0.25, 0.3) is 10.9 Å². The summed E-state index contributed by atoms with van der Waals surface area (Å²) in [5, 5.41) is 1.19. The molecule has 2 aromatic heterocycles. The lowest BCUT2D eigenvalue weighted by atomic mass is 10.0. The molecule has 1 aromatic carbocycles. The van der Waals surface area contributed by atoms with Crippen LogP contribution >= 0.6 is 27.3 Å². The van der Waals surface area contributed by atoms with Gasteiger partial charge in [-0.15, -0.1) is 11.3 Å². The molecule has 0 radical (unpaired) electrons. The number of hydrogen-bond acceptors (Lipinski definition) is 3. The van der Waals surface area contributed by atoms with Crippen molar-refractivity contribution in [3.8, 4) is 0 Å². The molecule has 0 aliphatic carbocycles. The van der Waals surface area contributed by atoms with Crippen LogP contribution in [0.3, 0.4) is 0 Å². The zero-order valence-electron chi connectivity index (χ0n) is 10.2. The van der Waals surface area contributed by atoms with E-state index in [1.54, 1.807) is 11.3 Å². The molecule has 0 saturated heterocycles. The summed E-state index contributed by atoms with van der Waals surface area (Å²) in [6.45, 7) is 0. The Bertz CT molecular complexity index is 703. The molecule has 2 N–H and O–H groups in total. The van der Waals surface area contributed by atoms with Crippen molar-refractivity contribution < 1.29 is 0 Å². The van der Waals surface area contributed by atoms with E-state index in [0.29, 0.717) is 0 Å². The van der Waals surface area contributed by atoms with Crippen molar-refractivity contribution in [3.05, 3.63) is 62.9 Å². The summed E-state index contributed by atoms with van der Waals surface area (Å²) in [4.78, 5) is 5.58. The Hall–Kier alpha value is -1.23. The van der Waals surface area contributed by atoms with Crippen LogP contribution < -0.4 is 5.73 Å². The lowest BCUT2D eigenvalue weighted by molar-refractivity contribution is 0.740. The van der Waals surface area contributed by atoms with Crippen LogP contribution in [0.15, 0.2) is 52.4 Å². The molecule has 0 aliphatic heterocycles. The minimum Gasteiger partial charge on any atom is -0.323 e. The molecule has 0 fully saturated rings. The summed E-state index contributed by atoms with van der Waals surface area (Å²) in [6.07, 6.45) is 2.69. The molecule has 0 saturated carbocycles. The number of hydrogen-bond donors (Lipinski definition) is 1. The van der Waals surface area contributed by atoms with E-state index < -0.39 is 0 Å². The van der Waals surface area contributed by atoms with Crippen LogP contribution in [-0.2, 0) is 6.42 Å². The Morgan fingerprint density at radius 3 is 2.79 bits per heavy atom. The van der Waals surface area contributed by atoms with Gasteiger partial charge in [-0.2, -0.15) is 0 Å². The molecule has 0 amide bonds. The van der Waals surface area contributed by atoms with Crippen molar-refractivity contribution in [2.45, 2.75) is 12.5 Å². The highest BCUT2D eigenvalue weighted by Gasteiger charge is 2.11. The summed E-state index contributed by atoms with van der Waals surface area (Å²) in [5.41, 5.74) is 8.58. The van der Waals surface area contributed by atoms with Gasteiger partial charge in [-0.25, -0.2) is 0 Å². The second-order valence-electron chi connectivity index (χ2n) is 4.44. The second-order valence-corrected chi connectivity index (χ2v) is 6.93. The molecule has 96 valence electrons. The van der Waals surface area contributed by atoms with Crippen LogP contribution in [-0.4, -0.2) is 4.98 Å². The first kappa shape index (κ1) is 12.8. The van der Waals surface area contributed by atoms with Gasteiger partial charge in [-0.3, -0.25) is 4.98 Å². The number of benzene rings is 1. The molecule has 0 aliphatic rings. The Morgan fingerprint density at radius 2 is 2.00 bits per heavy atom. The minimum atomic E-state index is 0.0297. The van der Waals surface area contributed by atoms with Gasteiger partial charge in [0.1, 0.15) is 0 Å². The zero-order valence-corrected chi connectivity index (χ0v) is 12.6. The number of fused-ring (bicyclic) bond motifs is 1. The van der Waals surface area contributed by atoms with Gasteiger partial charge in [0.15, 0.2) is 0 Å².